The molecule has 1 atom stereocenters. The molecule has 0 radical (unpaired) electrons. The second-order valence-corrected chi connectivity index (χ2v) is 5.69. The molecule has 1 aromatic rings. The quantitative estimate of drug-likeness (QED) is 0.829. The van der Waals surface area contributed by atoms with Crippen molar-refractivity contribution in [1.82, 2.24) is 5.32 Å². The lowest BCUT2D eigenvalue weighted by Crippen LogP contribution is -2.60. The van der Waals surface area contributed by atoms with Crippen molar-refractivity contribution in [1.29, 1.82) is 0 Å². The largest absolute Gasteiger partial charge is 0.351 e. The Labute approximate surface area is 108 Å². The van der Waals surface area contributed by atoms with Gasteiger partial charge in [-0.3, -0.25) is 4.79 Å². The highest BCUT2D eigenvalue weighted by atomic mass is 16.2. The molecule has 1 unspecified atom stereocenters. The summed E-state index contributed by atoms with van der Waals surface area (Å²) in [6.45, 7) is 0. The Bertz CT molecular complexity index is 465. The summed E-state index contributed by atoms with van der Waals surface area (Å²) in [7, 11) is 0. The van der Waals surface area contributed by atoms with Gasteiger partial charge in [-0.2, -0.15) is 0 Å². The van der Waals surface area contributed by atoms with Crippen molar-refractivity contribution in [3.05, 3.63) is 35.4 Å². The van der Waals surface area contributed by atoms with Gasteiger partial charge in [0, 0.05) is 6.04 Å². The number of nitrogens with two attached hydrogens (primary N) is 1. The normalized spacial score (nSPS) is 24.8. The van der Waals surface area contributed by atoms with Crippen molar-refractivity contribution < 1.29 is 4.79 Å². The Morgan fingerprint density at radius 3 is 2.67 bits per heavy atom. The molecule has 1 aromatic carbocycles. The fraction of sp³-hybridized carbons (Fsp3) is 0.533. The van der Waals surface area contributed by atoms with Gasteiger partial charge in [0.05, 0.1) is 5.54 Å². The Morgan fingerprint density at radius 2 is 2.00 bits per heavy atom. The molecule has 1 fully saturated rings. The van der Waals surface area contributed by atoms with Gasteiger partial charge in [-0.25, -0.2) is 0 Å². The van der Waals surface area contributed by atoms with Gasteiger partial charge in [-0.1, -0.05) is 24.3 Å². The van der Waals surface area contributed by atoms with Crippen LogP contribution >= 0.6 is 0 Å². The van der Waals surface area contributed by atoms with E-state index in [-0.39, 0.29) is 11.9 Å². The molecule has 3 N–H and O–H groups in total. The monoisotopic (exact) mass is 244 g/mol. The summed E-state index contributed by atoms with van der Waals surface area (Å²) in [4.78, 5) is 12.1. The summed E-state index contributed by atoms with van der Waals surface area (Å²) in [6, 6.07) is 8.76. The molecule has 2 aliphatic rings. The maximum atomic E-state index is 12.1. The highest BCUT2D eigenvalue weighted by Crippen LogP contribution is 2.30. The first-order valence-electron chi connectivity index (χ1n) is 6.84. The van der Waals surface area contributed by atoms with Gasteiger partial charge < -0.3 is 11.1 Å². The molecule has 0 aliphatic heterocycles. The van der Waals surface area contributed by atoms with Crippen LogP contribution in [0.4, 0.5) is 0 Å². The smallest absolute Gasteiger partial charge is 0.240 e. The van der Waals surface area contributed by atoms with Gasteiger partial charge in [-0.15, -0.1) is 0 Å². The van der Waals surface area contributed by atoms with Crippen molar-refractivity contribution >= 4 is 5.91 Å². The van der Waals surface area contributed by atoms with Gasteiger partial charge in [-0.05, 0) is 49.7 Å². The van der Waals surface area contributed by atoms with Crippen LogP contribution in [0, 0.1) is 0 Å². The predicted molar refractivity (Wildman–Crippen MR) is 71.2 cm³/mol. The predicted octanol–water partition coefficient (Wildman–Crippen LogP) is 1.54. The van der Waals surface area contributed by atoms with E-state index >= 15 is 0 Å². The zero-order valence-corrected chi connectivity index (χ0v) is 10.6. The van der Waals surface area contributed by atoms with Crippen molar-refractivity contribution in [3.8, 4) is 0 Å². The minimum absolute atomic E-state index is 0.0538. The number of hydrogen-bond acceptors (Lipinski definition) is 2. The lowest BCUT2D eigenvalue weighted by atomic mass is 9.76. The van der Waals surface area contributed by atoms with Crippen molar-refractivity contribution in [2.45, 2.75) is 50.1 Å². The van der Waals surface area contributed by atoms with Crippen LogP contribution in [-0.4, -0.2) is 17.5 Å². The highest BCUT2D eigenvalue weighted by molar-refractivity contribution is 5.87. The van der Waals surface area contributed by atoms with E-state index in [0.717, 1.165) is 38.5 Å². The number of carbonyl (C=O) groups is 1. The molecule has 0 spiro atoms. The van der Waals surface area contributed by atoms with Crippen LogP contribution in [0.25, 0.3) is 0 Å². The summed E-state index contributed by atoms with van der Waals surface area (Å²) in [6.07, 6.45) is 5.78. The standard InChI is InChI=1S/C15H20N2O/c16-15(8-3-9-15)14(18)17-13-7-6-11-4-1-2-5-12(11)10-13/h1-2,4-5,13H,3,6-10,16H2,(H,17,18). The maximum absolute atomic E-state index is 12.1. The van der Waals surface area contributed by atoms with Gasteiger partial charge in [0.1, 0.15) is 0 Å². The van der Waals surface area contributed by atoms with E-state index in [1.165, 1.54) is 11.1 Å². The van der Waals surface area contributed by atoms with E-state index in [1.807, 2.05) is 0 Å². The molecule has 3 rings (SSSR count). The fourth-order valence-electron chi connectivity index (χ4n) is 2.93. The first-order valence-corrected chi connectivity index (χ1v) is 6.84. The number of rotatable bonds is 2. The lowest BCUT2D eigenvalue weighted by molar-refractivity contribution is -0.130. The Kier molecular flexibility index (Phi) is 2.86. The topological polar surface area (TPSA) is 55.1 Å². The number of benzene rings is 1. The highest BCUT2D eigenvalue weighted by Gasteiger charge is 2.40. The number of nitrogens with one attached hydrogen (secondary N) is 1. The molecule has 96 valence electrons. The van der Waals surface area contributed by atoms with E-state index in [4.69, 9.17) is 5.73 Å². The SMILES string of the molecule is NC1(C(=O)NC2CCc3ccccc3C2)CCC1. The number of amides is 1. The molecule has 2 aliphatic carbocycles. The molecule has 0 bridgehead atoms. The van der Waals surface area contributed by atoms with Gasteiger partial charge >= 0.3 is 0 Å². The summed E-state index contributed by atoms with van der Waals surface area (Å²) >= 11 is 0. The Hall–Kier alpha value is -1.35. The molecule has 18 heavy (non-hydrogen) atoms. The van der Waals surface area contributed by atoms with Gasteiger partial charge in [0.25, 0.3) is 0 Å². The van der Waals surface area contributed by atoms with Gasteiger partial charge in [0.15, 0.2) is 0 Å². The summed E-state index contributed by atoms with van der Waals surface area (Å²) in [5, 5.41) is 3.14. The third-order valence-electron chi connectivity index (χ3n) is 4.38. The average molecular weight is 244 g/mol. The first-order chi connectivity index (χ1) is 8.67. The summed E-state index contributed by atoms with van der Waals surface area (Å²) < 4.78 is 0. The molecule has 0 heterocycles. The van der Waals surface area contributed by atoms with Crippen LogP contribution in [0.5, 0.6) is 0 Å². The fourth-order valence-corrected chi connectivity index (χ4v) is 2.93. The average Bonchev–Trinajstić information content (AvgIpc) is 2.35. The third kappa shape index (κ3) is 2.03. The van der Waals surface area contributed by atoms with E-state index in [9.17, 15) is 4.79 Å². The molecule has 1 saturated carbocycles. The van der Waals surface area contributed by atoms with Crippen LogP contribution in [0.15, 0.2) is 24.3 Å². The summed E-state index contributed by atoms with van der Waals surface area (Å²) in [5.41, 5.74) is 8.27. The van der Waals surface area contributed by atoms with E-state index < -0.39 is 5.54 Å². The minimum atomic E-state index is -0.572. The van der Waals surface area contributed by atoms with Crippen LogP contribution in [0.3, 0.4) is 0 Å². The van der Waals surface area contributed by atoms with E-state index in [2.05, 4.69) is 29.6 Å². The van der Waals surface area contributed by atoms with E-state index in [0.29, 0.717) is 0 Å². The number of hydrogen-bond donors (Lipinski definition) is 2. The number of aryl methyl sites for hydroxylation is 1. The third-order valence-corrected chi connectivity index (χ3v) is 4.38. The Balaban J connectivity index is 1.64. The maximum Gasteiger partial charge on any atom is 0.240 e. The lowest BCUT2D eigenvalue weighted by Gasteiger charge is -2.38. The molecule has 3 nitrogen and oxygen atoms in total. The minimum Gasteiger partial charge on any atom is -0.351 e. The van der Waals surface area contributed by atoms with Crippen LogP contribution in [-0.2, 0) is 17.6 Å². The Morgan fingerprint density at radius 1 is 1.28 bits per heavy atom. The van der Waals surface area contributed by atoms with Crippen LogP contribution < -0.4 is 11.1 Å². The molecule has 3 heteroatoms. The molecular weight excluding hydrogens is 224 g/mol. The zero-order chi connectivity index (χ0) is 12.6. The van der Waals surface area contributed by atoms with E-state index in [1.54, 1.807) is 0 Å². The van der Waals surface area contributed by atoms with Crippen molar-refractivity contribution in [2.75, 3.05) is 0 Å². The molecule has 0 aromatic heterocycles. The second kappa shape index (κ2) is 4.39. The van der Waals surface area contributed by atoms with Crippen LogP contribution in [0.1, 0.15) is 36.8 Å². The zero-order valence-electron chi connectivity index (χ0n) is 10.6. The van der Waals surface area contributed by atoms with Crippen molar-refractivity contribution in [2.24, 2.45) is 5.73 Å². The van der Waals surface area contributed by atoms with Crippen LogP contribution in [0.2, 0.25) is 0 Å². The molecule has 0 saturated heterocycles. The summed E-state index contributed by atoms with van der Waals surface area (Å²) in [5.74, 6) is 0.0538. The van der Waals surface area contributed by atoms with Crippen molar-refractivity contribution in [3.63, 3.8) is 0 Å². The number of carbonyl (C=O) groups excluding carboxylic acids is 1. The second-order valence-electron chi connectivity index (χ2n) is 5.69. The first kappa shape index (κ1) is 11.7. The molecular formula is C15H20N2O. The molecule has 1 amide bonds. The van der Waals surface area contributed by atoms with Gasteiger partial charge in [0.2, 0.25) is 5.91 Å². The number of fused-ring (bicyclic) bond motifs is 1.